The molecule has 0 saturated carbocycles. The Morgan fingerprint density at radius 2 is 0.551 bits per heavy atom. The molecule has 3 heterocycles. The fourth-order valence-electron chi connectivity index (χ4n) is 8.82. The van der Waals surface area contributed by atoms with Crippen molar-refractivity contribution in [2.45, 2.75) is 100 Å². The van der Waals surface area contributed by atoms with Crippen LogP contribution in [-0.4, -0.2) is 36.2 Å². The summed E-state index contributed by atoms with van der Waals surface area (Å²) in [5.41, 5.74) is 12.0. The molecule has 0 spiro atoms. The highest BCUT2D eigenvalue weighted by molar-refractivity contribution is 6.01. The lowest BCUT2D eigenvalue weighted by atomic mass is 9.83. The van der Waals surface area contributed by atoms with Crippen molar-refractivity contribution in [2.75, 3.05) is 31.9 Å². The minimum Gasteiger partial charge on any atom is -0.334 e. The van der Waals surface area contributed by atoms with Gasteiger partial charge in [-0.1, -0.05) is 57.2 Å². The molecule has 12 amide bonds. The van der Waals surface area contributed by atoms with E-state index in [0.717, 1.165) is 50.1 Å². The maximum Gasteiger partial charge on any atom is 0.319 e. The summed E-state index contributed by atoms with van der Waals surface area (Å²) in [5.74, 6) is 0. The fraction of sp³-hybridized carbons (Fsp3) is 0.294. The van der Waals surface area contributed by atoms with Crippen LogP contribution in [0.1, 0.15) is 87.5 Å². The van der Waals surface area contributed by atoms with Gasteiger partial charge in [0.25, 0.3) is 0 Å². The first-order valence-corrected chi connectivity index (χ1v) is 23.1. The molecule has 0 aromatic heterocycles. The number of benzene rings is 5. The number of anilines is 6. The van der Waals surface area contributed by atoms with Gasteiger partial charge >= 0.3 is 36.2 Å². The van der Waals surface area contributed by atoms with Gasteiger partial charge in [0.15, 0.2) is 0 Å². The minimum atomic E-state index is -0.533. The van der Waals surface area contributed by atoms with Crippen molar-refractivity contribution in [3.05, 3.63) is 140 Å². The summed E-state index contributed by atoms with van der Waals surface area (Å²) >= 11 is 0. The van der Waals surface area contributed by atoms with Gasteiger partial charge in [0, 0.05) is 39.3 Å². The summed E-state index contributed by atoms with van der Waals surface area (Å²) in [6.07, 6.45) is 1.65. The van der Waals surface area contributed by atoms with E-state index in [1.54, 1.807) is 36.4 Å². The number of carbonyl (C=O) groups excluding carboxylic acids is 6. The normalized spacial score (nSPS) is 15.0. The predicted molar refractivity (Wildman–Crippen MR) is 270 cm³/mol. The van der Waals surface area contributed by atoms with Crippen LogP contribution in [0.15, 0.2) is 72.8 Å². The van der Waals surface area contributed by atoms with Crippen molar-refractivity contribution in [3.8, 4) is 0 Å². The van der Waals surface area contributed by atoms with Gasteiger partial charge in [-0.05, 0) is 143 Å². The van der Waals surface area contributed by atoms with Crippen LogP contribution in [0.25, 0.3) is 0 Å². The van der Waals surface area contributed by atoms with E-state index in [1.165, 1.54) is 0 Å². The standard InChI is InChI=1S/C51H60N12O6/c1-7-34-37-25-55-49(67)58-40-13-10-28(4)16-43(40)61-46(64)52-22-31-19-32-21-33(20-31)24-54-48(66)63-45-18-30(6)12-15-42(45)60-51(69)57-27-39(35(37)8-2)36(9-3)38(34)26-56-50(68)59-41-14-11-29(5)17-44(41)62-47(65)53-23-32/h10-21H,7-9,22-27H2,1-6H3,(H2,52,61,64)(H2,53,62,65)(H2,54,63,66)(H2,55,58,67)(H2,56,59,68)(H2,57,60,69). The number of carbonyl (C=O) groups is 6. The Kier molecular flexibility index (Phi) is 15.5. The third-order valence-electron chi connectivity index (χ3n) is 12.0. The second kappa shape index (κ2) is 22.0. The van der Waals surface area contributed by atoms with Crippen molar-refractivity contribution >= 4 is 70.3 Å². The SMILES string of the molecule is CCc1c2c(CC)c3c(CC)c1CNC(=O)Nc1ccc(C)cc1NC(=O)NCc1cc(cc(c1)CNC(=O)Nc1cc(C)ccc1NC(=O)NC3)CNC(=O)Nc1cc(C)ccc1NC(=O)NC2. The van der Waals surface area contributed by atoms with Crippen molar-refractivity contribution in [2.24, 2.45) is 0 Å². The molecule has 0 fully saturated rings. The van der Waals surface area contributed by atoms with Gasteiger partial charge in [-0.3, -0.25) is 0 Å². The first-order valence-electron chi connectivity index (χ1n) is 23.1. The molecule has 0 radical (unpaired) electrons. The van der Waals surface area contributed by atoms with Gasteiger partial charge in [-0.25, -0.2) is 28.8 Å². The molecule has 0 saturated heterocycles. The van der Waals surface area contributed by atoms with E-state index >= 15 is 0 Å². The second-order valence-electron chi connectivity index (χ2n) is 17.1. The van der Waals surface area contributed by atoms with Crippen LogP contribution in [0.2, 0.25) is 0 Å². The number of urea groups is 6. The second-order valence-corrected chi connectivity index (χ2v) is 17.1. The molecule has 18 nitrogen and oxygen atoms in total. The van der Waals surface area contributed by atoms with Gasteiger partial charge in [-0.15, -0.1) is 0 Å². The summed E-state index contributed by atoms with van der Waals surface area (Å²) in [5, 5.41) is 35.2. The highest BCUT2D eigenvalue weighted by Gasteiger charge is 2.24. The first kappa shape index (κ1) is 48.6. The summed E-state index contributed by atoms with van der Waals surface area (Å²) in [6.45, 7) is 12.1. The molecule has 3 aliphatic heterocycles. The maximum absolute atomic E-state index is 13.9. The number of hydrogen-bond acceptors (Lipinski definition) is 6. The number of nitrogens with one attached hydrogen (secondary N) is 12. The van der Waals surface area contributed by atoms with E-state index in [9.17, 15) is 28.8 Å². The lowest BCUT2D eigenvalue weighted by Gasteiger charge is -2.27. The Balaban J connectivity index is 1.37. The quantitative estimate of drug-likeness (QED) is 0.0842. The fourth-order valence-corrected chi connectivity index (χ4v) is 8.82. The average molecular weight is 937 g/mol. The number of hydrogen-bond donors (Lipinski definition) is 12. The van der Waals surface area contributed by atoms with Crippen molar-refractivity contribution in [1.82, 2.24) is 31.9 Å². The Morgan fingerprint density at radius 3 is 0.797 bits per heavy atom. The van der Waals surface area contributed by atoms with E-state index in [0.29, 0.717) is 70.1 Å². The number of amides is 12. The summed E-state index contributed by atoms with van der Waals surface area (Å²) in [7, 11) is 0. The third kappa shape index (κ3) is 12.4. The van der Waals surface area contributed by atoms with E-state index in [1.807, 2.05) is 77.9 Å². The first-order chi connectivity index (χ1) is 33.2. The van der Waals surface area contributed by atoms with E-state index in [2.05, 4.69) is 63.8 Å². The predicted octanol–water partition coefficient (Wildman–Crippen LogP) is 8.86. The van der Waals surface area contributed by atoms with Crippen LogP contribution in [0.5, 0.6) is 0 Å². The Bertz CT molecular complexity index is 2490. The molecule has 18 heteroatoms. The Hall–Kier alpha value is -8.28. The largest absolute Gasteiger partial charge is 0.334 e. The van der Waals surface area contributed by atoms with Crippen LogP contribution in [0.3, 0.4) is 0 Å². The van der Waals surface area contributed by atoms with Crippen LogP contribution >= 0.6 is 0 Å². The highest BCUT2D eigenvalue weighted by Crippen LogP contribution is 2.32. The molecule has 69 heavy (non-hydrogen) atoms. The van der Waals surface area contributed by atoms with Crippen molar-refractivity contribution in [3.63, 3.8) is 0 Å². The molecule has 5 aromatic carbocycles. The number of fused-ring (bicyclic) bond motifs is 18. The molecule has 0 aliphatic carbocycles. The molecule has 0 unspecified atom stereocenters. The zero-order valence-electron chi connectivity index (χ0n) is 39.7. The molecule has 8 rings (SSSR count). The molecule has 360 valence electrons. The molecular weight excluding hydrogens is 877 g/mol. The molecule has 12 N–H and O–H groups in total. The van der Waals surface area contributed by atoms with Gasteiger partial charge in [0.1, 0.15) is 0 Å². The van der Waals surface area contributed by atoms with Gasteiger partial charge in [0.2, 0.25) is 0 Å². The van der Waals surface area contributed by atoms with Crippen LogP contribution in [0, 0.1) is 20.8 Å². The van der Waals surface area contributed by atoms with Gasteiger partial charge in [0.05, 0.1) is 34.1 Å². The average Bonchev–Trinajstić information content (AvgIpc) is 3.31. The van der Waals surface area contributed by atoms with Crippen molar-refractivity contribution in [1.29, 1.82) is 0 Å². The Morgan fingerprint density at radius 1 is 0.319 bits per heavy atom. The zero-order valence-corrected chi connectivity index (χ0v) is 39.7. The van der Waals surface area contributed by atoms with Crippen LogP contribution in [-0.2, 0) is 58.5 Å². The lowest BCUT2D eigenvalue weighted by molar-refractivity contribution is 0.250. The molecule has 6 bridgehead atoms. The Labute approximate surface area is 401 Å². The summed E-state index contributed by atoms with van der Waals surface area (Å²) in [4.78, 5) is 82.3. The summed E-state index contributed by atoms with van der Waals surface area (Å²) in [6, 6.07) is 18.2. The maximum atomic E-state index is 13.9. The lowest BCUT2D eigenvalue weighted by Crippen LogP contribution is -2.34. The van der Waals surface area contributed by atoms with Gasteiger partial charge in [-0.2, -0.15) is 0 Å². The molecule has 5 aromatic rings. The smallest absolute Gasteiger partial charge is 0.319 e. The van der Waals surface area contributed by atoms with E-state index < -0.39 is 36.2 Å². The van der Waals surface area contributed by atoms with E-state index in [4.69, 9.17) is 0 Å². The van der Waals surface area contributed by atoms with E-state index in [-0.39, 0.29) is 39.3 Å². The molecular formula is C51H60N12O6. The monoisotopic (exact) mass is 936 g/mol. The van der Waals surface area contributed by atoms with Gasteiger partial charge < -0.3 is 63.8 Å². The third-order valence-corrected chi connectivity index (χ3v) is 12.0. The van der Waals surface area contributed by atoms with Crippen molar-refractivity contribution < 1.29 is 28.8 Å². The highest BCUT2D eigenvalue weighted by atomic mass is 16.2. The number of rotatable bonds is 3. The van der Waals surface area contributed by atoms with Crippen LogP contribution in [0.4, 0.5) is 62.9 Å². The molecule has 3 aliphatic rings. The molecule has 0 atom stereocenters. The minimum absolute atomic E-state index is 0.0568. The van der Waals surface area contributed by atoms with Crippen LogP contribution < -0.4 is 63.8 Å². The summed E-state index contributed by atoms with van der Waals surface area (Å²) < 4.78 is 0. The topological polar surface area (TPSA) is 247 Å². The zero-order chi connectivity index (χ0) is 49.2. The number of aryl methyl sites for hydroxylation is 3.